The second-order valence-electron chi connectivity index (χ2n) is 3.55. The van der Waals surface area contributed by atoms with Crippen molar-refractivity contribution in [3.8, 4) is 0 Å². The molecule has 0 saturated heterocycles. The van der Waals surface area contributed by atoms with Crippen LogP contribution in [-0.4, -0.2) is 18.3 Å². The lowest BCUT2D eigenvalue weighted by atomic mass is 10.0. The first-order valence-corrected chi connectivity index (χ1v) is 5.75. The molecule has 0 aromatic heterocycles. The van der Waals surface area contributed by atoms with Crippen molar-refractivity contribution < 1.29 is 5.11 Å². The molecular formula is C12H18ClNO. The summed E-state index contributed by atoms with van der Waals surface area (Å²) < 4.78 is 0. The van der Waals surface area contributed by atoms with E-state index in [2.05, 4.69) is 18.3 Å². The van der Waals surface area contributed by atoms with Gasteiger partial charge in [0.15, 0.2) is 0 Å². The van der Waals surface area contributed by atoms with Crippen LogP contribution < -0.4 is 5.32 Å². The van der Waals surface area contributed by atoms with E-state index in [1.165, 1.54) is 5.56 Å². The van der Waals surface area contributed by atoms with Gasteiger partial charge in [0.25, 0.3) is 0 Å². The van der Waals surface area contributed by atoms with E-state index in [1.54, 1.807) is 0 Å². The maximum atomic E-state index is 8.71. The summed E-state index contributed by atoms with van der Waals surface area (Å²) in [4.78, 5) is 0. The monoisotopic (exact) mass is 227 g/mol. The molecule has 0 bridgehead atoms. The van der Waals surface area contributed by atoms with E-state index in [-0.39, 0.29) is 6.61 Å². The van der Waals surface area contributed by atoms with Crippen LogP contribution in [0, 0.1) is 0 Å². The predicted molar refractivity (Wildman–Crippen MR) is 64.2 cm³/mol. The molecule has 0 saturated carbocycles. The number of benzene rings is 1. The third-order valence-electron chi connectivity index (χ3n) is 2.38. The fourth-order valence-corrected chi connectivity index (χ4v) is 1.78. The van der Waals surface area contributed by atoms with Gasteiger partial charge in [-0.25, -0.2) is 0 Å². The molecule has 2 N–H and O–H groups in total. The molecule has 0 unspecified atom stereocenters. The first-order valence-electron chi connectivity index (χ1n) is 5.37. The Morgan fingerprint density at radius 1 is 1.47 bits per heavy atom. The van der Waals surface area contributed by atoms with Gasteiger partial charge in [-0.1, -0.05) is 30.7 Å². The minimum absolute atomic E-state index is 0.235. The summed E-state index contributed by atoms with van der Waals surface area (Å²) in [6, 6.07) is 8.24. The topological polar surface area (TPSA) is 32.3 Å². The summed E-state index contributed by atoms with van der Waals surface area (Å²) in [6.45, 7) is 3.21. The number of nitrogens with one attached hydrogen (secondary N) is 1. The SMILES string of the molecule is CC[C@@H](NCCCO)c1cccc(Cl)c1. The van der Waals surface area contributed by atoms with Crippen LogP contribution in [-0.2, 0) is 0 Å². The van der Waals surface area contributed by atoms with Gasteiger partial charge in [-0.15, -0.1) is 0 Å². The van der Waals surface area contributed by atoms with Crippen molar-refractivity contribution in [1.29, 1.82) is 0 Å². The highest BCUT2D eigenvalue weighted by Gasteiger charge is 2.07. The number of aliphatic hydroxyl groups excluding tert-OH is 1. The number of hydrogen-bond donors (Lipinski definition) is 2. The number of aliphatic hydroxyl groups is 1. The largest absolute Gasteiger partial charge is 0.396 e. The summed E-state index contributed by atoms with van der Waals surface area (Å²) in [6.07, 6.45) is 1.81. The third-order valence-corrected chi connectivity index (χ3v) is 2.62. The molecule has 0 fully saturated rings. The maximum absolute atomic E-state index is 8.71. The van der Waals surface area contributed by atoms with Crippen LogP contribution in [0.25, 0.3) is 0 Å². The first-order chi connectivity index (χ1) is 7.27. The highest BCUT2D eigenvalue weighted by Crippen LogP contribution is 2.19. The van der Waals surface area contributed by atoms with Crippen LogP contribution in [0.5, 0.6) is 0 Å². The zero-order chi connectivity index (χ0) is 11.1. The van der Waals surface area contributed by atoms with Gasteiger partial charge in [-0.3, -0.25) is 0 Å². The van der Waals surface area contributed by atoms with E-state index in [1.807, 2.05) is 18.2 Å². The van der Waals surface area contributed by atoms with Gasteiger partial charge >= 0.3 is 0 Å². The summed E-state index contributed by atoms with van der Waals surface area (Å²) in [5, 5.41) is 12.9. The summed E-state index contributed by atoms with van der Waals surface area (Å²) in [5.74, 6) is 0. The van der Waals surface area contributed by atoms with Gasteiger partial charge in [0, 0.05) is 17.7 Å². The van der Waals surface area contributed by atoms with Crippen molar-refractivity contribution in [2.75, 3.05) is 13.2 Å². The maximum Gasteiger partial charge on any atom is 0.0443 e. The second-order valence-corrected chi connectivity index (χ2v) is 3.98. The molecule has 0 heterocycles. The first kappa shape index (κ1) is 12.5. The molecule has 15 heavy (non-hydrogen) atoms. The van der Waals surface area contributed by atoms with Crippen molar-refractivity contribution in [2.24, 2.45) is 0 Å². The zero-order valence-corrected chi connectivity index (χ0v) is 9.80. The van der Waals surface area contributed by atoms with E-state index in [0.29, 0.717) is 6.04 Å². The van der Waals surface area contributed by atoms with E-state index >= 15 is 0 Å². The van der Waals surface area contributed by atoms with E-state index in [9.17, 15) is 0 Å². The van der Waals surface area contributed by atoms with Crippen molar-refractivity contribution in [1.82, 2.24) is 5.32 Å². The number of rotatable bonds is 6. The fraction of sp³-hybridized carbons (Fsp3) is 0.500. The van der Waals surface area contributed by atoms with Gasteiger partial charge in [0.05, 0.1) is 0 Å². The molecule has 0 radical (unpaired) electrons. The summed E-state index contributed by atoms with van der Waals surface area (Å²) in [5.41, 5.74) is 1.21. The van der Waals surface area contributed by atoms with Crippen LogP contribution in [0.15, 0.2) is 24.3 Å². The van der Waals surface area contributed by atoms with E-state index in [4.69, 9.17) is 16.7 Å². The summed E-state index contributed by atoms with van der Waals surface area (Å²) in [7, 11) is 0. The van der Waals surface area contributed by atoms with Crippen LogP contribution in [0.1, 0.15) is 31.4 Å². The van der Waals surface area contributed by atoms with Crippen molar-refractivity contribution >= 4 is 11.6 Å². The lowest BCUT2D eigenvalue weighted by molar-refractivity contribution is 0.283. The van der Waals surface area contributed by atoms with Crippen LogP contribution in [0.3, 0.4) is 0 Å². The average molecular weight is 228 g/mol. The molecule has 3 heteroatoms. The molecular weight excluding hydrogens is 210 g/mol. The molecule has 0 aliphatic rings. The molecule has 0 aliphatic carbocycles. The molecule has 0 aliphatic heterocycles. The molecule has 0 amide bonds. The lowest BCUT2D eigenvalue weighted by Gasteiger charge is -2.17. The molecule has 84 valence electrons. The van der Waals surface area contributed by atoms with Crippen molar-refractivity contribution in [3.05, 3.63) is 34.9 Å². The molecule has 1 atom stereocenters. The number of halogens is 1. The van der Waals surface area contributed by atoms with Gasteiger partial charge in [0.1, 0.15) is 0 Å². The molecule has 1 aromatic carbocycles. The highest BCUT2D eigenvalue weighted by atomic mass is 35.5. The van der Waals surface area contributed by atoms with E-state index in [0.717, 1.165) is 24.4 Å². The Balaban J connectivity index is 2.57. The molecule has 2 nitrogen and oxygen atoms in total. The minimum Gasteiger partial charge on any atom is -0.396 e. The fourth-order valence-electron chi connectivity index (χ4n) is 1.58. The van der Waals surface area contributed by atoms with Gasteiger partial charge < -0.3 is 10.4 Å². The van der Waals surface area contributed by atoms with Gasteiger partial charge in [-0.2, -0.15) is 0 Å². The number of hydrogen-bond acceptors (Lipinski definition) is 2. The zero-order valence-electron chi connectivity index (χ0n) is 9.04. The van der Waals surface area contributed by atoms with Crippen molar-refractivity contribution in [2.45, 2.75) is 25.8 Å². The Bertz CT molecular complexity index is 291. The van der Waals surface area contributed by atoms with E-state index < -0.39 is 0 Å². The lowest BCUT2D eigenvalue weighted by Crippen LogP contribution is -2.22. The third kappa shape index (κ3) is 4.20. The minimum atomic E-state index is 0.235. The normalized spacial score (nSPS) is 12.7. The van der Waals surface area contributed by atoms with Crippen molar-refractivity contribution in [3.63, 3.8) is 0 Å². The van der Waals surface area contributed by atoms with Gasteiger partial charge in [0.2, 0.25) is 0 Å². The Labute approximate surface area is 96.3 Å². The average Bonchev–Trinajstić information content (AvgIpc) is 2.24. The molecule has 1 rings (SSSR count). The Kier molecular flexibility index (Phi) is 5.69. The van der Waals surface area contributed by atoms with Crippen LogP contribution >= 0.6 is 11.6 Å². The predicted octanol–water partition coefficient (Wildman–Crippen LogP) is 2.76. The Hall–Kier alpha value is -0.570. The Morgan fingerprint density at radius 3 is 2.87 bits per heavy atom. The van der Waals surface area contributed by atoms with Gasteiger partial charge in [-0.05, 0) is 37.1 Å². The highest BCUT2D eigenvalue weighted by molar-refractivity contribution is 6.30. The quantitative estimate of drug-likeness (QED) is 0.733. The molecule has 1 aromatic rings. The molecule has 0 spiro atoms. The Morgan fingerprint density at radius 2 is 2.27 bits per heavy atom. The standard InChI is InChI=1S/C12H18ClNO/c1-2-12(14-7-4-8-15)10-5-3-6-11(13)9-10/h3,5-6,9,12,14-15H,2,4,7-8H2,1H3/t12-/m1/s1. The smallest absolute Gasteiger partial charge is 0.0443 e. The van der Waals surface area contributed by atoms with Crippen LogP contribution in [0.4, 0.5) is 0 Å². The summed E-state index contributed by atoms with van der Waals surface area (Å²) >= 11 is 5.94. The second kappa shape index (κ2) is 6.83. The van der Waals surface area contributed by atoms with Crippen LogP contribution in [0.2, 0.25) is 5.02 Å².